The van der Waals surface area contributed by atoms with Gasteiger partial charge in [-0.15, -0.1) is 0 Å². The molecule has 25 heavy (non-hydrogen) atoms. The number of carbonyl (C=O) groups is 1. The second-order valence-corrected chi connectivity index (χ2v) is 7.23. The van der Waals surface area contributed by atoms with Crippen LogP contribution in [0.4, 0.5) is 0 Å². The molecule has 140 valence electrons. The van der Waals surface area contributed by atoms with Gasteiger partial charge in [-0.2, -0.15) is 0 Å². The molecule has 0 aliphatic rings. The SMILES string of the molecule is CCc1ccc(C(C)(C)CNC(=NC)NCCNC(=O)C(C)C)cc1. The van der Waals surface area contributed by atoms with E-state index in [4.69, 9.17) is 0 Å². The van der Waals surface area contributed by atoms with Gasteiger partial charge >= 0.3 is 0 Å². The fourth-order valence-electron chi connectivity index (χ4n) is 2.39. The average molecular weight is 347 g/mol. The standard InChI is InChI=1S/C20H34N4O/c1-7-16-8-10-17(11-9-16)20(4,5)14-24-19(21-6)23-13-12-22-18(25)15(2)3/h8-11,15H,7,12-14H2,1-6H3,(H,22,25)(H2,21,23,24). The smallest absolute Gasteiger partial charge is 0.222 e. The van der Waals surface area contributed by atoms with E-state index in [2.05, 4.69) is 66.0 Å². The van der Waals surface area contributed by atoms with Crippen LogP contribution in [0.25, 0.3) is 0 Å². The Kier molecular flexibility index (Phi) is 8.46. The van der Waals surface area contributed by atoms with E-state index in [0.29, 0.717) is 13.1 Å². The number of nitrogens with one attached hydrogen (secondary N) is 3. The second kappa shape index (κ2) is 10.1. The summed E-state index contributed by atoms with van der Waals surface area (Å²) in [6, 6.07) is 8.80. The summed E-state index contributed by atoms with van der Waals surface area (Å²) in [6.45, 7) is 12.4. The molecular weight excluding hydrogens is 312 g/mol. The molecule has 1 rings (SSSR count). The Morgan fingerprint density at radius 3 is 2.20 bits per heavy atom. The third kappa shape index (κ3) is 7.16. The fraction of sp³-hybridized carbons (Fsp3) is 0.600. The number of hydrogen-bond acceptors (Lipinski definition) is 2. The summed E-state index contributed by atoms with van der Waals surface area (Å²) in [5, 5.41) is 9.49. The van der Waals surface area contributed by atoms with E-state index in [1.54, 1.807) is 7.05 Å². The zero-order chi connectivity index (χ0) is 18.9. The van der Waals surface area contributed by atoms with Gasteiger partial charge in [0, 0.05) is 38.0 Å². The summed E-state index contributed by atoms with van der Waals surface area (Å²) < 4.78 is 0. The van der Waals surface area contributed by atoms with Crippen LogP contribution >= 0.6 is 0 Å². The Hall–Kier alpha value is -2.04. The van der Waals surface area contributed by atoms with Crippen molar-refractivity contribution in [3.63, 3.8) is 0 Å². The lowest BCUT2D eigenvalue weighted by molar-refractivity contribution is -0.123. The molecule has 5 heteroatoms. The lowest BCUT2D eigenvalue weighted by Gasteiger charge is -2.27. The lowest BCUT2D eigenvalue weighted by atomic mass is 9.84. The Labute approximate surface area is 152 Å². The number of benzene rings is 1. The maximum atomic E-state index is 11.5. The quantitative estimate of drug-likeness (QED) is 0.385. The van der Waals surface area contributed by atoms with E-state index in [-0.39, 0.29) is 17.2 Å². The van der Waals surface area contributed by atoms with Crippen LogP contribution in [-0.2, 0) is 16.6 Å². The van der Waals surface area contributed by atoms with E-state index in [1.807, 2.05) is 13.8 Å². The van der Waals surface area contributed by atoms with Gasteiger partial charge in [-0.25, -0.2) is 0 Å². The number of rotatable bonds is 8. The van der Waals surface area contributed by atoms with Gasteiger partial charge in [0.05, 0.1) is 0 Å². The third-order valence-electron chi connectivity index (χ3n) is 4.31. The number of hydrogen-bond donors (Lipinski definition) is 3. The summed E-state index contributed by atoms with van der Waals surface area (Å²) >= 11 is 0. The monoisotopic (exact) mass is 346 g/mol. The summed E-state index contributed by atoms with van der Waals surface area (Å²) in [7, 11) is 1.76. The topological polar surface area (TPSA) is 65.5 Å². The lowest BCUT2D eigenvalue weighted by Crippen LogP contribution is -2.45. The Morgan fingerprint density at radius 2 is 1.68 bits per heavy atom. The first-order valence-corrected chi connectivity index (χ1v) is 9.11. The van der Waals surface area contributed by atoms with Crippen molar-refractivity contribution in [3.8, 4) is 0 Å². The number of aliphatic imine (C=N–C) groups is 1. The van der Waals surface area contributed by atoms with Crippen LogP contribution < -0.4 is 16.0 Å². The van der Waals surface area contributed by atoms with E-state index in [1.165, 1.54) is 11.1 Å². The average Bonchev–Trinajstić information content (AvgIpc) is 2.60. The second-order valence-electron chi connectivity index (χ2n) is 7.23. The van der Waals surface area contributed by atoms with Crippen LogP contribution in [-0.4, -0.2) is 38.5 Å². The van der Waals surface area contributed by atoms with Crippen LogP contribution in [0.1, 0.15) is 45.7 Å². The summed E-state index contributed by atoms with van der Waals surface area (Å²) in [4.78, 5) is 15.8. The predicted octanol–water partition coefficient (Wildman–Crippen LogP) is 2.46. The number of aryl methyl sites for hydroxylation is 1. The molecule has 0 fully saturated rings. The van der Waals surface area contributed by atoms with E-state index < -0.39 is 0 Å². The van der Waals surface area contributed by atoms with E-state index >= 15 is 0 Å². The van der Waals surface area contributed by atoms with E-state index in [0.717, 1.165) is 18.9 Å². The molecule has 0 aliphatic carbocycles. The zero-order valence-corrected chi connectivity index (χ0v) is 16.6. The highest BCUT2D eigenvalue weighted by Crippen LogP contribution is 2.22. The molecule has 0 saturated carbocycles. The molecule has 3 N–H and O–H groups in total. The highest BCUT2D eigenvalue weighted by atomic mass is 16.1. The highest BCUT2D eigenvalue weighted by Gasteiger charge is 2.20. The first kappa shape index (κ1) is 21.0. The Morgan fingerprint density at radius 1 is 1.08 bits per heavy atom. The minimum atomic E-state index is -0.00422. The van der Waals surface area contributed by atoms with Gasteiger partial charge in [0.1, 0.15) is 0 Å². The maximum Gasteiger partial charge on any atom is 0.222 e. The van der Waals surface area contributed by atoms with E-state index in [9.17, 15) is 4.79 Å². The molecule has 0 saturated heterocycles. The van der Waals surface area contributed by atoms with Crippen LogP contribution in [0.2, 0.25) is 0 Å². The zero-order valence-electron chi connectivity index (χ0n) is 16.6. The van der Waals surface area contributed by atoms with Crippen molar-refractivity contribution >= 4 is 11.9 Å². The summed E-state index contributed by atoms with van der Waals surface area (Å²) in [5.41, 5.74) is 2.65. The molecule has 0 heterocycles. The molecule has 1 amide bonds. The van der Waals surface area contributed by atoms with Crippen molar-refractivity contribution in [1.29, 1.82) is 0 Å². The van der Waals surface area contributed by atoms with Gasteiger partial charge in [-0.3, -0.25) is 9.79 Å². The molecular formula is C20H34N4O. The van der Waals surface area contributed by atoms with Gasteiger partial charge in [-0.1, -0.05) is 58.9 Å². The highest BCUT2D eigenvalue weighted by molar-refractivity contribution is 5.80. The minimum absolute atomic E-state index is 0.00422. The van der Waals surface area contributed by atoms with Crippen LogP contribution in [0.15, 0.2) is 29.3 Å². The molecule has 0 radical (unpaired) electrons. The van der Waals surface area contributed by atoms with Gasteiger partial charge in [0.25, 0.3) is 0 Å². The molecule has 0 atom stereocenters. The third-order valence-corrected chi connectivity index (χ3v) is 4.31. The number of amides is 1. The first-order valence-electron chi connectivity index (χ1n) is 9.11. The van der Waals surface area contributed by atoms with Crippen LogP contribution in [0.3, 0.4) is 0 Å². The number of carbonyl (C=O) groups excluding carboxylic acids is 1. The van der Waals surface area contributed by atoms with Crippen LogP contribution in [0.5, 0.6) is 0 Å². The Bertz CT molecular complexity index is 562. The molecule has 5 nitrogen and oxygen atoms in total. The summed E-state index contributed by atoms with van der Waals surface area (Å²) in [6.07, 6.45) is 1.06. The Balaban J connectivity index is 2.45. The van der Waals surface area contributed by atoms with Crippen molar-refractivity contribution in [2.45, 2.75) is 46.5 Å². The molecule has 0 spiro atoms. The number of nitrogens with zero attached hydrogens (tertiary/aromatic N) is 1. The molecule has 0 unspecified atom stereocenters. The van der Waals surface area contributed by atoms with Crippen LogP contribution in [0, 0.1) is 5.92 Å². The first-order chi connectivity index (χ1) is 11.8. The molecule has 0 bridgehead atoms. The molecule has 0 aromatic heterocycles. The predicted molar refractivity (Wildman–Crippen MR) is 106 cm³/mol. The minimum Gasteiger partial charge on any atom is -0.356 e. The number of guanidine groups is 1. The van der Waals surface area contributed by atoms with Gasteiger partial charge < -0.3 is 16.0 Å². The molecule has 1 aromatic rings. The van der Waals surface area contributed by atoms with Gasteiger partial charge in [0.2, 0.25) is 5.91 Å². The molecule has 0 aliphatic heterocycles. The fourth-order valence-corrected chi connectivity index (χ4v) is 2.39. The largest absolute Gasteiger partial charge is 0.356 e. The van der Waals surface area contributed by atoms with Crippen molar-refractivity contribution in [2.75, 3.05) is 26.7 Å². The van der Waals surface area contributed by atoms with Gasteiger partial charge in [-0.05, 0) is 17.5 Å². The maximum absolute atomic E-state index is 11.5. The van der Waals surface area contributed by atoms with Crippen molar-refractivity contribution < 1.29 is 4.79 Å². The van der Waals surface area contributed by atoms with Crippen molar-refractivity contribution in [1.82, 2.24) is 16.0 Å². The van der Waals surface area contributed by atoms with Gasteiger partial charge in [0.15, 0.2) is 5.96 Å². The van der Waals surface area contributed by atoms with Crippen molar-refractivity contribution in [2.24, 2.45) is 10.9 Å². The summed E-state index contributed by atoms with van der Waals surface area (Å²) in [5.74, 6) is 0.829. The van der Waals surface area contributed by atoms with Crippen molar-refractivity contribution in [3.05, 3.63) is 35.4 Å². The normalized spacial score (nSPS) is 12.2. The molecule has 1 aromatic carbocycles.